The molecular weight excluding hydrogens is 286 g/mol. The third-order valence-electron chi connectivity index (χ3n) is 2.39. The molecule has 1 amide bonds. The van der Waals surface area contributed by atoms with Crippen LogP contribution in [0.5, 0.6) is 0 Å². The lowest BCUT2D eigenvalue weighted by Gasteiger charge is -2.21. The first-order valence-electron chi connectivity index (χ1n) is 5.64. The third-order valence-corrected chi connectivity index (χ3v) is 3.63. The quantitative estimate of drug-likeness (QED) is 0.708. The molecule has 2 nitrogen and oxygen atoms in total. The van der Waals surface area contributed by atoms with Crippen molar-refractivity contribution in [2.45, 2.75) is 26.2 Å². The van der Waals surface area contributed by atoms with E-state index in [0.717, 1.165) is 36.1 Å². The van der Waals surface area contributed by atoms with Gasteiger partial charge in [-0.25, -0.2) is 0 Å². The SMILES string of the molecule is CCCCN(CCBr)C(=O)Cc1cccs1. The van der Waals surface area contributed by atoms with Gasteiger partial charge < -0.3 is 4.90 Å². The summed E-state index contributed by atoms with van der Waals surface area (Å²) >= 11 is 5.05. The fraction of sp³-hybridized carbons (Fsp3) is 0.583. The highest BCUT2D eigenvalue weighted by Crippen LogP contribution is 2.11. The van der Waals surface area contributed by atoms with Crippen molar-refractivity contribution in [1.29, 1.82) is 0 Å². The number of thiophene rings is 1. The van der Waals surface area contributed by atoms with Crippen LogP contribution in [-0.4, -0.2) is 29.2 Å². The van der Waals surface area contributed by atoms with E-state index in [0.29, 0.717) is 6.42 Å². The lowest BCUT2D eigenvalue weighted by Crippen LogP contribution is -2.34. The van der Waals surface area contributed by atoms with E-state index in [4.69, 9.17) is 0 Å². The molecule has 1 aromatic rings. The van der Waals surface area contributed by atoms with Crippen molar-refractivity contribution in [2.24, 2.45) is 0 Å². The Bertz CT molecular complexity index is 300. The number of halogens is 1. The van der Waals surface area contributed by atoms with Crippen molar-refractivity contribution in [3.63, 3.8) is 0 Å². The highest BCUT2D eigenvalue weighted by atomic mass is 79.9. The maximum Gasteiger partial charge on any atom is 0.227 e. The van der Waals surface area contributed by atoms with Gasteiger partial charge in [0, 0.05) is 23.3 Å². The zero-order valence-electron chi connectivity index (χ0n) is 9.62. The molecule has 0 fully saturated rings. The summed E-state index contributed by atoms with van der Waals surface area (Å²) in [5.74, 6) is 0.246. The molecule has 1 heterocycles. The number of unbranched alkanes of at least 4 members (excludes halogenated alkanes) is 1. The van der Waals surface area contributed by atoms with Gasteiger partial charge in [-0.1, -0.05) is 35.3 Å². The van der Waals surface area contributed by atoms with Gasteiger partial charge in [0.05, 0.1) is 6.42 Å². The number of amides is 1. The number of carbonyl (C=O) groups excluding carboxylic acids is 1. The van der Waals surface area contributed by atoms with E-state index in [-0.39, 0.29) is 5.91 Å². The average Bonchev–Trinajstić information content (AvgIpc) is 2.76. The summed E-state index contributed by atoms with van der Waals surface area (Å²) in [6.07, 6.45) is 2.77. The van der Waals surface area contributed by atoms with Crippen LogP contribution in [0, 0.1) is 0 Å². The summed E-state index contributed by atoms with van der Waals surface area (Å²) in [4.78, 5) is 15.1. The first-order chi connectivity index (χ1) is 7.77. The van der Waals surface area contributed by atoms with E-state index in [2.05, 4.69) is 22.9 Å². The molecule has 0 aliphatic rings. The second-order valence-electron chi connectivity index (χ2n) is 3.68. The van der Waals surface area contributed by atoms with Crippen LogP contribution in [0.15, 0.2) is 17.5 Å². The predicted molar refractivity (Wildman–Crippen MR) is 73.3 cm³/mol. The number of nitrogens with zero attached hydrogens (tertiary/aromatic N) is 1. The molecule has 0 saturated carbocycles. The first-order valence-corrected chi connectivity index (χ1v) is 7.64. The zero-order valence-corrected chi connectivity index (χ0v) is 12.0. The summed E-state index contributed by atoms with van der Waals surface area (Å²) in [5.41, 5.74) is 0. The van der Waals surface area contributed by atoms with Crippen LogP contribution >= 0.6 is 27.3 Å². The molecular formula is C12H18BrNOS. The van der Waals surface area contributed by atoms with Gasteiger partial charge in [0.1, 0.15) is 0 Å². The molecule has 0 spiro atoms. The first kappa shape index (κ1) is 13.7. The fourth-order valence-electron chi connectivity index (χ4n) is 1.49. The van der Waals surface area contributed by atoms with Crippen LogP contribution in [0.1, 0.15) is 24.6 Å². The largest absolute Gasteiger partial charge is 0.342 e. The summed E-state index contributed by atoms with van der Waals surface area (Å²) in [6, 6.07) is 4.02. The van der Waals surface area contributed by atoms with Gasteiger partial charge in [-0.3, -0.25) is 4.79 Å². The van der Waals surface area contributed by atoms with E-state index in [1.165, 1.54) is 0 Å². The Hall–Kier alpha value is -0.350. The van der Waals surface area contributed by atoms with Crippen molar-refractivity contribution in [2.75, 3.05) is 18.4 Å². The van der Waals surface area contributed by atoms with Crippen LogP contribution in [0.3, 0.4) is 0 Å². The van der Waals surface area contributed by atoms with Gasteiger partial charge in [0.15, 0.2) is 0 Å². The molecule has 0 bridgehead atoms. The topological polar surface area (TPSA) is 20.3 Å². The Morgan fingerprint density at radius 2 is 2.31 bits per heavy atom. The van der Waals surface area contributed by atoms with E-state index in [1.54, 1.807) is 11.3 Å². The lowest BCUT2D eigenvalue weighted by molar-refractivity contribution is -0.130. The number of rotatable bonds is 7. The normalized spacial score (nSPS) is 10.4. The summed E-state index contributed by atoms with van der Waals surface area (Å²) in [5, 5.41) is 2.87. The predicted octanol–water partition coefficient (Wildman–Crippen LogP) is 3.31. The van der Waals surface area contributed by atoms with Gasteiger partial charge in [0.25, 0.3) is 0 Å². The van der Waals surface area contributed by atoms with Crippen LogP contribution < -0.4 is 0 Å². The monoisotopic (exact) mass is 303 g/mol. The number of hydrogen-bond acceptors (Lipinski definition) is 2. The second-order valence-corrected chi connectivity index (χ2v) is 5.50. The minimum absolute atomic E-state index is 0.246. The smallest absolute Gasteiger partial charge is 0.227 e. The standard InChI is InChI=1S/C12H18BrNOS/c1-2-3-7-14(8-6-13)12(15)10-11-5-4-9-16-11/h4-5,9H,2-3,6-8,10H2,1H3. The van der Waals surface area contributed by atoms with Gasteiger partial charge >= 0.3 is 0 Å². The van der Waals surface area contributed by atoms with Gasteiger partial charge in [-0.05, 0) is 17.9 Å². The molecule has 0 aliphatic carbocycles. The Kier molecular flexibility index (Phi) is 6.73. The van der Waals surface area contributed by atoms with Gasteiger partial charge in [-0.15, -0.1) is 11.3 Å². The Balaban J connectivity index is 2.46. The molecule has 0 saturated heterocycles. The molecule has 1 aromatic heterocycles. The zero-order chi connectivity index (χ0) is 11.8. The second kappa shape index (κ2) is 7.85. The van der Waals surface area contributed by atoms with E-state index in [1.807, 2.05) is 22.4 Å². The van der Waals surface area contributed by atoms with E-state index >= 15 is 0 Å². The van der Waals surface area contributed by atoms with Crippen LogP contribution in [0.4, 0.5) is 0 Å². The summed E-state index contributed by atoms with van der Waals surface area (Å²) in [6.45, 7) is 3.84. The highest BCUT2D eigenvalue weighted by molar-refractivity contribution is 9.09. The molecule has 16 heavy (non-hydrogen) atoms. The molecule has 0 atom stereocenters. The highest BCUT2D eigenvalue weighted by Gasteiger charge is 2.13. The number of carbonyl (C=O) groups is 1. The molecule has 0 radical (unpaired) electrons. The molecule has 0 aromatic carbocycles. The van der Waals surface area contributed by atoms with Crippen LogP contribution in [-0.2, 0) is 11.2 Å². The van der Waals surface area contributed by atoms with Gasteiger partial charge in [0.2, 0.25) is 5.91 Å². The Morgan fingerprint density at radius 3 is 2.88 bits per heavy atom. The van der Waals surface area contributed by atoms with Crippen LogP contribution in [0.25, 0.3) is 0 Å². The van der Waals surface area contributed by atoms with Crippen molar-refractivity contribution >= 4 is 33.2 Å². The van der Waals surface area contributed by atoms with Gasteiger partial charge in [-0.2, -0.15) is 0 Å². The third kappa shape index (κ3) is 4.66. The minimum Gasteiger partial charge on any atom is -0.342 e. The number of alkyl halides is 1. The Morgan fingerprint density at radius 1 is 1.50 bits per heavy atom. The minimum atomic E-state index is 0.246. The molecule has 0 unspecified atom stereocenters. The van der Waals surface area contributed by atoms with Crippen molar-refractivity contribution in [3.8, 4) is 0 Å². The van der Waals surface area contributed by atoms with Crippen molar-refractivity contribution < 1.29 is 4.79 Å². The molecule has 0 N–H and O–H groups in total. The maximum absolute atomic E-state index is 12.0. The summed E-state index contributed by atoms with van der Waals surface area (Å²) in [7, 11) is 0. The van der Waals surface area contributed by atoms with E-state index in [9.17, 15) is 4.79 Å². The number of hydrogen-bond donors (Lipinski definition) is 0. The molecule has 0 aliphatic heterocycles. The van der Waals surface area contributed by atoms with Crippen molar-refractivity contribution in [1.82, 2.24) is 4.90 Å². The molecule has 1 rings (SSSR count). The molecule has 4 heteroatoms. The van der Waals surface area contributed by atoms with Crippen molar-refractivity contribution in [3.05, 3.63) is 22.4 Å². The fourth-order valence-corrected chi connectivity index (χ4v) is 2.61. The summed E-state index contributed by atoms with van der Waals surface area (Å²) < 4.78 is 0. The maximum atomic E-state index is 12.0. The van der Waals surface area contributed by atoms with Crippen LogP contribution in [0.2, 0.25) is 0 Å². The van der Waals surface area contributed by atoms with E-state index < -0.39 is 0 Å². The lowest BCUT2D eigenvalue weighted by atomic mass is 10.2. The molecule has 90 valence electrons. The Labute approximate surface area is 110 Å². The average molecular weight is 304 g/mol.